The van der Waals surface area contributed by atoms with Crippen molar-refractivity contribution < 1.29 is 18.0 Å². The van der Waals surface area contributed by atoms with Crippen molar-refractivity contribution in [3.8, 4) is 6.07 Å². The van der Waals surface area contributed by atoms with Crippen LogP contribution in [-0.2, 0) is 22.7 Å². The maximum absolute atomic E-state index is 15.9. The molecule has 1 amide bonds. The Morgan fingerprint density at radius 1 is 1.07 bits per heavy atom. The number of anilines is 1. The van der Waals surface area contributed by atoms with Crippen molar-refractivity contribution >= 4 is 22.8 Å². The number of alkyl halides is 2. The van der Waals surface area contributed by atoms with Gasteiger partial charge in [-0.2, -0.15) is 5.26 Å². The van der Waals surface area contributed by atoms with Crippen LogP contribution < -0.4 is 16.2 Å². The fourth-order valence-corrected chi connectivity index (χ4v) is 6.40. The predicted octanol–water partition coefficient (Wildman–Crippen LogP) is 4.37. The monoisotopic (exact) mass is 593 g/mol. The van der Waals surface area contributed by atoms with Crippen LogP contribution in [0.4, 0.5) is 19.0 Å². The number of carbonyl (C=O) groups is 1. The van der Waals surface area contributed by atoms with Gasteiger partial charge in [-0.1, -0.05) is 18.2 Å². The van der Waals surface area contributed by atoms with E-state index < -0.39 is 40.2 Å². The molecule has 2 N–H and O–H groups in total. The molecule has 1 aliphatic carbocycles. The summed E-state index contributed by atoms with van der Waals surface area (Å²) in [6, 6.07) is 7.10. The van der Waals surface area contributed by atoms with E-state index in [0.717, 1.165) is 6.42 Å². The first-order valence-electron chi connectivity index (χ1n) is 14.9. The summed E-state index contributed by atoms with van der Waals surface area (Å²) in [6.07, 6.45) is 4.21. The normalized spacial score (nSPS) is 25.3. The Morgan fingerprint density at radius 2 is 1.84 bits per heavy atom. The number of nitriles is 1. The smallest absolute Gasteiger partial charge is 0.278 e. The van der Waals surface area contributed by atoms with Gasteiger partial charge >= 0.3 is 0 Å². The molecule has 5 heterocycles. The van der Waals surface area contributed by atoms with Gasteiger partial charge in [0, 0.05) is 23.6 Å². The SMILES string of the molecule is C[C@H]1Nc2ncnc3c2cc(C2(C#N)CC2)c(=O)n3CC(=O)NCCCCN2CCC(CC2)C(F)(F)c2cccc1c2F. The van der Waals surface area contributed by atoms with Crippen molar-refractivity contribution in [2.75, 3.05) is 31.5 Å². The molecule has 12 heteroatoms. The maximum atomic E-state index is 15.9. The van der Waals surface area contributed by atoms with E-state index in [4.69, 9.17) is 0 Å². The van der Waals surface area contributed by atoms with E-state index in [2.05, 4.69) is 31.6 Å². The minimum atomic E-state index is -3.34. The van der Waals surface area contributed by atoms with Gasteiger partial charge < -0.3 is 15.5 Å². The first kappa shape index (κ1) is 29.1. The minimum Gasteiger partial charge on any atom is -0.363 e. The molecule has 2 fully saturated rings. The molecular weight excluding hydrogens is 559 g/mol. The number of halogens is 3. The molecule has 1 saturated heterocycles. The molecule has 0 spiro atoms. The summed E-state index contributed by atoms with van der Waals surface area (Å²) in [4.78, 5) is 37.4. The van der Waals surface area contributed by atoms with Gasteiger partial charge in [-0.05, 0) is 71.1 Å². The van der Waals surface area contributed by atoms with Crippen LogP contribution in [0.2, 0.25) is 0 Å². The summed E-state index contributed by atoms with van der Waals surface area (Å²) in [5.74, 6) is -5.40. The number of aromatic nitrogens is 3. The number of hydrogen-bond donors (Lipinski definition) is 2. The standard InChI is InChI=1S/C31H34F3N7O2/c1-19-21-5-4-6-23(26(21)32)31(33,34)20-7-13-40(14-8-20)12-3-2-11-36-25(42)16-41-28-22(27(39-19)37-18-38-28)15-24(29(41)43)30(17-35)9-10-30/h4-6,15,18-20H,2-3,7-14,16H2,1H3,(H,36,42)(H,37,38,39)/t19-/m1/s1. The third-order valence-electron chi connectivity index (χ3n) is 9.20. The summed E-state index contributed by atoms with van der Waals surface area (Å²) in [7, 11) is 0. The number of nitrogens with zero attached hydrogens (tertiary/aromatic N) is 5. The Balaban J connectivity index is 1.45. The van der Waals surface area contributed by atoms with E-state index in [1.807, 2.05) is 0 Å². The first-order chi connectivity index (χ1) is 20.6. The van der Waals surface area contributed by atoms with E-state index in [0.29, 0.717) is 50.8 Å². The summed E-state index contributed by atoms with van der Waals surface area (Å²) < 4.78 is 48.7. The number of nitrogens with one attached hydrogen (secondary N) is 2. The van der Waals surface area contributed by atoms with Crippen molar-refractivity contribution in [2.45, 2.75) is 69.4 Å². The first-order valence-corrected chi connectivity index (χ1v) is 14.9. The lowest BCUT2D eigenvalue weighted by Gasteiger charge is -2.36. The lowest BCUT2D eigenvalue weighted by atomic mass is 9.85. The summed E-state index contributed by atoms with van der Waals surface area (Å²) >= 11 is 0. The number of pyridine rings is 1. The zero-order valence-corrected chi connectivity index (χ0v) is 24.0. The Kier molecular flexibility index (Phi) is 7.62. The highest BCUT2D eigenvalue weighted by Gasteiger charge is 2.48. The molecule has 1 atom stereocenters. The second-order valence-corrected chi connectivity index (χ2v) is 12.0. The number of hydrogen-bond acceptors (Lipinski definition) is 7. The number of carbonyl (C=O) groups excluding carboxylic acids is 1. The molecule has 9 nitrogen and oxygen atoms in total. The van der Waals surface area contributed by atoms with E-state index in [9.17, 15) is 14.9 Å². The molecule has 7 rings (SSSR count). The van der Waals surface area contributed by atoms with Crippen LogP contribution in [0.3, 0.4) is 0 Å². The lowest BCUT2D eigenvalue weighted by Crippen LogP contribution is -2.40. The van der Waals surface area contributed by atoms with E-state index in [1.165, 1.54) is 29.1 Å². The Hall–Kier alpha value is -3.98. The van der Waals surface area contributed by atoms with Crippen LogP contribution in [0.1, 0.15) is 68.2 Å². The van der Waals surface area contributed by atoms with Gasteiger partial charge in [0.1, 0.15) is 30.2 Å². The molecule has 3 aromatic rings. The third kappa shape index (κ3) is 5.35. The summed E-state index contributed by atoms with van der Waals surface area (Å²) in [5.41, 5.74) is -1.57. The highest BCUT2D eigenvalue weighted by Crippen LogP contribution is 2.47. The van der Waals surface area contributed by atoms with Gasteiger partial charge in [0.2, 0.25) is 5.91 Å². The minimum absolute atomic E-state index is 0.0517. The van der Waals surface area contributed by atoms with E-state index in [1.54, 1.807) is 13.0 Å². The van der Waals surface area contributed by atoms with Crippen molar-refractivity contribution in [3.63, 3.8) is 0 Å². The van der Waals surface area contributed by atoms with Crippen LogP contribution in [0.25, 0.3) is 11.0 Å². The highest BCUT2D eigenvalue weighted by atomic mass is 19.3. The Labute approximate surface area is 247 Å². The van der Waals surface area contributed by atoms with E-state index in [-0.39, 0.29) is 47.9 Å². The second kappa shape index (κ2) is 11.3. The van der Waals surface area contributed by atoms with Crippen LogP contribution in [0, 0.1) is 23.1 Å². The van der Waals surface area contributed by atoms with Crippen molar-refractivity contribution in [2.24, 2.45) is 5.92 Å². The molecule has 226 valence electrons. The molecular formula is C31H34F3N7O2. The molecule has 8 bridgehead atoms. The van der Waals surface area contributed by atoms with Crippen LogP contribution in [-0.4, -0.2) is 51.5 Å². The topological polar surface area (TPSA) is 116 Å². The number of rotatable bonds is 1. The summed E-state index contributed by atoms with van der Waals surface area (Å²) in [5, 5.41) is 16.3. The van der Waals surface area contributed by atoms with Gasteiger partial charge in [0.25, 0.3) is 11.5 Å². The van der Waals surface area contributed by atoms with Gasteiger partial charge in [-0.25, -0.2) is 23.1 Å². The predicted molar refractivity (Wildman–Crippen MR) is 154 cm³/mol. The number of amides is 1. The third-order valence-corrected chi connectivity index (χ3v) is 9.20. The average Bonchev–Trinajstić information content (AvgIpc) is 3.79. The van der Waals surface area contributed by atoms with E-state index >= 15 is 13.2 Å². The Bertz CT molecular complexity index is 1660. The quantitative estimate of drug-likeness (QED) is 0.431. The lowest BCUT2D eigenvalue weighted by molar-refractivity contribution is -0.121. The Morgan fingerprint density at radius 3 is 2.56 bits per heavy atom. The fraction of sp³-hybridized carbons (Fsp3) is 0.516. The maximum Gasteiger partial charge on any atom is 0.278 e. The molecule has 1 aromatic carbocycles. The van der Waals surface area contributed by atoms with Crippen molar-refractivity contribution in [1.82, 2.24) is 24.8 Å². The summed E-state index contributed by atoms with van der Waals surface area (Å²) in [6.45, 7) is 3.46. The average molecular weight is 594 g/mol. The van der Waals surface area contributed by atoms with Crippen molar-refractivity contribution in [1.29, 1.82) is 5.26 Å². The molecule has 0 radical (unpaired) electrons. The van der Waals surface area contributed by atoms with Gasteiger partial charge in [-0.3, -0.25) is 14.2 Å². The van der Waals surface area contributed by atoms with Crippen molar-refractivity contribution in [3.05, 3.63) is 63.5 Å². The molecule has 2 aromatic heterocycles. The van der Waals surface area contributed by atoms with Gasteiger partial charge in [0.15, 0.2) is 0 Å². The zero-order valence-electron chi connectivity index (χ0n) is 24.0. The van der Waals surface area contributed by atoms with Gasteiger partial charge in [0.05, 0.1) is 28.5 Å². The second-order valence-electron chi connectivity index (χ2n) is 12.0. The number of piperidine rings is 1. The van der Waals surface area contributed by atoms with Crippen LogP contribution in [0.15, 0.2) is 35.4 Å². The molecule has 3 aliphatic heterocycles. The largest absolute Gasteiger partial charge is 0.363 e. The molecule has 0 unspecified atom stereocenters. The highest BCUT2D eigenvalue weighted by molar-refractivity contribution is 5.89. The molecule has 4 aliphatic rings. The number of fused-ring (bicyclic) bond motifs is 9. The fourth-order valence-electron chi connectivity index (χ4n) is 6.40. The van der Waals surface area contributed by atoms with Crippen LogP contribution in [0.5, 0.6) is 0 Å². The molecule has 43 heavy (non-hydrogen) atoms. The zero-order chi connectivity index (χ0) is 30.4. The van der Waals surface area contributed by atoms with Crippen LogP contribution >= 0.6 is 0 Å². The number of benzene rings is 1. The molecule has 1 saturated carbocycles. The van der Waals surface area contributed by atoms with Gasteiger partial charge in [-0.15, -0.1) is 0 Å².